The molecular weight excluding hydrogens is 913 g/mol. The molecule has 0 heterocycles. The highest BCUT2D eigenvalue weighted by Crippen LogP contribution is 2.50. The minimum Gasteiger partial charge on any atom is -0.179 e. The van der Waals surface area contributed by atoms with Gasteiger partial charge in [0.15, 0.2) is 0 Å². The average Bonchev–Trinajstić information content (AvgIpc) is 3.32. The van der Waals surface area contributed by atoms with E-state index in [0.717, 1.165) is 34.7 Å². The summed E-state index contributed by atoms with van der Waals surface area (Å²) in [6.45, 7) is 0. The van der Waals surface area contributed by atoms with E-state index in [-0.39, 0.29) is 0 Å². The Balaban J connectivity index is 5.80. The van der Waals surface area contributed by atoms with Crippen molar-refractivity contribution in [2.45, 2.75) is 339 Å². The van der Waals surface area contributed by atoms with Crippen molar-refractivity contribution in [2.75, 3.05) is 28.8 Å². The molecule has 0 amide bonds. The summed E-state index contributed by atoms with van der Waals surface area (Å²) in [5, 5.41) is 0.560. The van der Waals surface area contributed by atoms with Gasteiger partial charge in [0.1, 0.15) is 0 Å². The molecule has 0 bridgehead atoms. The largest absolute Gasteiger partial charge is 0.179 e. The van der Waals surface area contributed by atoms with Crippen molar-refractivity contribution in [1.29, 1.82) is 0 Å². The number of rotatable bonds is 59. The number of hydrogen-bond acceptors (Lipinski definition) is 6. The highest BCUT2D eigenvalue weighted by atomic mass is 32.1. The topological polar surface area (TPSA) is 0 Å². The lowest BCUT2D eigenvalue weighted by Crippen LogP contribution is -2.40. The molecule has 0 fully saturated rings. The summed E-state index contributed by atoms with van der Waals surface area (Å²) in [6.07, 6.45) is 73.6. The van der Waals surface area contributed by atoms with Crippen molar-refractivity contribution in [3.63, 3.8) is 0 Å². The van der Waals surface area contributed by atoms with Crippen LogP contribution in [-0.4, -0.2) is 34.0 Å². The van der Waals surface area contributed by atoms with Gasteiger partial charge < -0.3 is 0 Å². The molecule has 0 aromatic heterocycles. The first-order chi connectivity index (χ1) is 32.6. The lowest BCUT2D eigenvalue weighted by molar-refractivity contribution is 0.0892. The Morgan fingerprint density at radius 2 is 0.364 bits per heavy atom. The first kappa shape index (κ1) is 68.1. The lowest BCUT2D eigenvalue weighted by atomic mass is 9.62. The zero-order valence-electron chi connectivity index (χ0n) is 44.6. The van der Waals surface area contributed by atoms with Gasteiger partial charge in [-0.25, -0.2) is 0 Å². The molecule has 6 heteroatoms. The second-order valence-electron chi connectivity index (χ2n) is 21.5. The molecule has 0 spiro atoms. The predicted molar refractivity (Wildman–Crippen MR) is 328 cm³/mol. The van der Waals surface area contributed by atoms with E-state index in [9.17, 15) is 0 Å². The third-order valence-electron chi connectivity index (χ3n) is 15.6. The van der Waals surface area contributed by atoms with Crippen LogP contribution >= 0.6 is 75.8 Å². The molecule has 66 heavy (non-hydrogen) atoms. The molecule has 398 valence electrons. The standard InChI is InChI=1S/C60H122S6/c61-53-43-33-23-13-7-5-3-1-2-4-6-8-18-28-38-48-58(49-39-29-19-9-14-24-34-44-54-62)60(51-41-31-21-11-16-26-36-46-56-64,52-42-32-22-12-17-27-37-47-57-65)59(66)50-40-30-20-10-15-25-35-45-55-63/h58-59,61-66H,1-57H2. The second kappa shape index (κ2) is 58.0. The van der Waals surface area contributed by atoms with E-state index in [1.807, 2.05) is 0 Å². The first-order valence-corrected chi connectivity index (χ1v) is 34.0. The van der Waals surface area contributed by atoms with Crippen LogP contribution in [0.25, 0.3) is 0 Å². The first-order valence-electron chi connectivity index (χ1n) is 30.3. The summed E-state index contributed by atoms with van der Waals surface area (Å²) in [5.74, 6) is 6.12. The molecule has 0 radical (unpaired) electrons. The minimum atomic E-state index is 0.411. The molecule has 0 saturated heterocycles. The van der Waals surface area contributed by atoms with E-state index >= 15 is 0 Å². The maximum Gasteiger partial charge on any atom is 0.00759 e. The van der Waals surface area contributed by atoms with Crippen LogP contribution < -0.4 is 0 Å². The molecule has 0 aromatic rings. The van der Waals surface area contributed by atoms with Crippen molar-refractivity contribution in [2.24, 2.45) is 11.3 Å². The maximum atomic E-state index is 5.86. The van der Waals surface area contributed by atoms with Crippen LogP contribution in [0.1, 0.15) is 334 Å². The molecule has 2 atom stereocenters. The van der Waals surface area contributed by atoms with Crippen LogP contribution in [0.5, 0.6) is 0 Å². The normalized spacial score (nSPS) is 13.0. The maximum absolute atomic E-state index is 5.86. The van der Waals surface area contributed by atoms with Crippen LogP contribution in [0, 0.1) is 11.3 Å². The Bertz CT molecular complexity index is 848. The van der Waals surface area contributed by atoms with E-state index in [4.69, 9.17) is 12.6 Å². The van der Waals surface area contributed by atoms with Crippen molar-refractivity contribution >= 4 is 75.8 Å². The number of hydrogen-bond donors (Lipinski definition) is 6. The molecule has 0 saturated carbocycles. The average molecular weight is 1040 g/mol. The van der Waals surface area contributed by atoms with Crippen LogP contribution in [-0.2, 0) is 0 Å². The van der Waals surface area contributed by atoms with Crippen LogP contribution in [0.4, 0.5) is 0 Å². The van der Waals surface area contributed by atoms with Gasteiger partial charge in [-0.05, 0) is 104 Å². The number of thiol groups is 6. The smallest absolute Gasteiger partial charge is 0.00759 e. The molecule has 0 rings (SSSR count). The summed E-state index contributed by atoms with van der Waals surface area (Å²) in [4.78, 5) is 0. The fraction of sp³-hybridized carbons (Fsp3) is 1.00. The quantitative estimate of drug-likeness (QED) is 0.0254. The summed E-state index contributed by atoms with van der Waals surface area (Å²) in [6, 6.07) is 0. The predicted octanol–water partition coefficient (Wildman–Crippen LogP) is 22.8. The van der Waals surface area contributed by atoms with E-state index in [2.05, 4.69) is 63.1 Å². The Hall–Kier alpha value is 2.10. The van der Waals surface area contributed by atoms with Gasteiger partial charge in [0.2, 0.25) is 0 Å². The van der Waals surface area contributed by atoms with Gasteiger partial charge in [-0.15, -0.1) is 0 Å². The molecule has 0 aliphatic carbocycles. The molecule has 0 aliphatic rings. The van der Waals surface area contributed by atoms with Crippen molar-refractivity contribution < 1.29 is 0 Å². The molecule has 0 nitrogen and oxygen atoms in total. The van der Waals surface area contributed by atoms with Gasteiger partial charge in [0.05, 0.1) is 0 Å². The van der Waals surface area contributed by atoms with Gasteiger partial charge in [-0.3, -0.25) is 0 Å². The number of unbranched alkanes of at least 4 members (excludes halogenated alkanes) is 42. The lowest BCUT2D eigenvalue weighted by Gasteiger charge is -2.46. The SMILES string of the molecule is SCCCCCCCCCCCCCCCCCC(CCCCCCCCCCS)C(CCCCCCCCCCS)(CCCCCCCCCCS)C(S)CCCCCCCCCCS. The summed E-state index contributed by atoms with van der Waals surface area (Å²) in [7, 11) is 0. The van der Waals surface area contributed by atoms with E-state index in [1.165, 1.54) is 334 Å². The Morgan fingerprint density at radius 3 is 0.576 bits per heavy atom. The van der Waals surface area contributed by atoms with Crippen molar-refractivity contribution in [3.05, 3.63) is 0 Å². The van der Waals surface area contributed by atoms with E-state index in [1.54, 1.807) is 0 Å². The fourth-order valence-corrected chi connectivity index (χ4v) is 13.0. The molecular formula is C60H122S6. The zero-order chi connectivity index (χ0) is 48.0. The summed E-state index contributed by atoms with van der Waals surface area (Å²) < 4.78 is 0. The molecule has 0 N–H and O–H groups in total. The summed E-state index contributed by atoms with van der Waals surface area (Å²) >= 11 is 28.0. The Kier molecular flexibility index (Phi) is 59.8. The molecule has 0 aliphatic heterocycles. The Morgan fingerprint density at radius 1 is 0.197 bits per heavy atom. The highest BCUT2D eigenvalue weighted by molar-refractivity contribution is 7.81. The third kappa shape index (κ3) is 45.9. The van der Waals surface area contributed by atoms with Gasteiger partial charge in [0, 0.05) is 5.25 Å². The fourth-order valence-electron chi connectivity index (χ4n) is 11.3. The van der Waals surface area contributed by atoms with Gasteiger partial charge in [0.25, 0.3) is 0 Å². The Labute approximate surface area is 451 Å². The van der Waals surface area contributed by atoms with Crippen LogP contribution in [0.3, 0.4) is 0 Å². The van der Waals surface area contributed by atoms with Crippen molar-refractivity contribution in [1.82, 2.24) is 0 Å². The summed E-state index contributed by atoms with van der Waals surface area (Å²) in [5.41, 5.74) is 0.411. The zero-order valence-corrected chi connectivity index (χ0v) is 50.0. The molecule has 2 unspecified atom stereocenters. The highest BCUT2D eigenvalue weighted by Gasteiger charge is 2.42. The van der Waals surface area contributed by atoms with Gasteiger partial charge in [-0.1, -0.05) is 270 Å². The van der Waals surface area contributed by atoms with E-state index < -0.39 is 0 Å². The van der Waals surface area contributed by atoms with Crippen LogP contribution in [0.15, 0.2) is 0 Å². The van der Waals surface area contributed by atoms with E-state index in [0.29, 0.717) is 10.7 Å². The van der Waals surface area contributed by atoms with Gasteiger partial charge >= 0.3 is 0 Å². The van der Waals surface area contributed by atoms with Crippen molar-refractivity contribution in [3.8, 4) is 0 Å². The van der Waals surface area contributed by atoms with Gasteiger partial charge in [-0.2, -0.15) is 75.8 Å². The second-order valence-corrected chi connectivity index (χ2v) is 24.4. The van der Waals surface area contributed by atoms with Crippen LogP contribution in [0.2, 0.25) is 0 Å². The third-order valence-corrected chi connectivity index (χ3v) is 18.0. The minimum absolute atomic E-state index is 0.411. The molecule has 0 aromatic carbocycles. The monoisotopic (exact) mass is 1030 g/mol.